The van der Waals surface area contributed by atoms with Gasteiger partial charge in [0.15, 0.2) is 8.32 Å². The SMILES string of the molecule is CC1C(N)C[C@@H](CO[Si](C)(C)C(C)(C)C)[C@@H]1C. The van der Waals surface area contributed by atoms with Crippen LogP contribution in [0.2, 0.25) is 18.1 Å². The van der Waals surface area contributed by atoms with Gasteiger partial charge in [0, 0.05) is 12.6 Å². The van der Waals surface area contributed by atoms with Crippen molar-refractivity contribution in [3.8, 4) is 0 Å². The van der Waals surface area contributed by atoms with Gasteiger partial charge in [-0.05, 0) is 42.3 Å². The lowest BCUT2D eigenvalue weighted by Gasteiger charge is -2.37. The van der Waals surface area contributed by atoms with Gasteiger partial charge in [-0.2, -0.15) is 0 Å². The number of rotatable bonds is 3. The van der Waals surface area contributed by atoms with E-state index in [0.717, 1.165) is 13.0 Å². The van der Waals surface area contributed by atoms with E-state index in [4.69, 9.17) is 10.2 Å². The predicted molar refractivity (Wildman–Crippen MR) is 77.6 cm³/mol. The van der Waals surface area contributed by atoms with E-state index in [1.807, 2.05) is 0 Å². The first kappa shape index (κ1) is 15.2. The highest BCUT2D eigenvalue weighted by Gasteiger charge is 2.40. The minimum absolute atomic E-state index is 0.308. The maximum absolute atomic E-state index is 6.33. The summed E-state index contributed by atoms with van der Waals surface area (Å²) in [7, 11) is -1.59. The lowest BCUT2D eigenvalue weighted by Crippen LogP contribution is -2.42. The van der Waals surface area contributed by atoms with Crippen LogP contribution in [-0.4, -0.2) is 21.0 Å². The van der Waals surface area contributed by atoms with Crippen LogP contribution in [0.1, 0.15) is 41.0 Å². The number of nitrogens with two attached hydrogens (primary N) is 1. The largest absolute Gasteiger partial charge is 0.417 e. The van der Waals surface area contributed by atoms with Crippen LogP contribution in [0.25, 0.3) is 0 Å². The molecule has 0 saturated heterocycles. The average molecular weight is 257 g/mol. The van der Waals surface area contributed by atoms with Crippen molar-refractivity contribution in [2.24, 2.45) is 23.5 Å². The van der Waals surface area contributed by atoms with Crippen molar-refractivity contribution in [3.63, 3.8) is 0 Å². The van der Waals surface area contributed by atoms with E-state index < -0.39 is 8.32 Å². The summed E-state index contributed by atoms with van der Waals surface area (Å²) in [6.07, 6.45) is 1.14. The quantitative estimate of drug-likeness (QED) is 0.784. The van der Waals surface area contributed by atoms with Gasteiger partial charge < -0.3 is 10.2 Å². The minimum Gasteiger partial charge on any atom is -0.417 e. The Morgan fingerprint density at radius 1 is 1.18 bits per heavy atom. The van der Waals surface area contributed by atoms with Gasteiger partial charge in [0.25, 0.3) is 0 Å². The first-order chi connectivity index (χ1) is 7.56. The van der Waals surface area contributed by atoms with Crippen LogP contribution in [0.5, 0.6) is 0 Å². The van der Waals surface area contributed by atoms with Crippen LogP contribution < -0.4 is 5.73 Å². The molecule has 4 atom stereocenters. The smallest absolute Gasteiger partial charge is 0.191 e. The summed E-state index contributed by atoms with van der Waals surface area (Å²) in [5.41, 5.74) is 6.14. The van der Waals surface area contributed by atoms with E-state index >= 15 is 0 Å². The van der Waals surface area contributed by atoms with E-state index in [9.17, 15) is 0 Å². The highest BCUT2D eigenvalue weighted by molar-refractivity contribution is 6.74. The van der Waals surface area contributed by atoms with Crippen LogP contribution in [0, 0.1) is 17.8 Å². The molecular weight excluding hydrogens is 226 g/mol. The predicted octanol–water partition coefficient (Wildman–Crippen LogP) is 3.63. The molecule has 3 heteroatoms. The van der Waals surface area contributed by atoms with Crippen molar-refractivity contribution in [2.75, 3.05) is 6.61 Å². The Morgan fingerprint density at radius 3 is 2.06 bits per heavy atom. The number of hydrogen-bond acceptors (Lipinski definition) is 2. The van der Waals surface area contributed by atoms with Gasteiger partial charge in [0.05, 0.1) is 0 Å². The summed E-state index contributed by atoms with van der Waals surface area (Å²) >= 11 is 0. The molecule has 0 bridgehead atoms. The van der Waals surface area contributed by atoms with Gasteiger partial charge in [0.1, 0.15) is 0 Å². The minimum atomic E-state index is -1.59. The van der Waals surface area contributed by atoms with E-state index in [0.29, 0.717) is 28.8 Å². The molecule has 1 fully saturated rings. The van der Waals surface area contributed by atoms with Crippen molar-refractivity contribution in [1.82, 2.24) is 0 Å². The summed E-state index contributed by atoms with van der Waals surface area (Å²) in [4.78, 5) is 0. The Kier molecular flexibility index (Phi) is 4.49. The molecule has 1 rings (SSSR count). The second-order valence-corrected chi connectivity index (χ2v) is 12.3. The monoisotopic (exact) mass is 257 g/mol. The van der Waals surface area contributed by atoms with Crippen molar-refractivity contribution in [1.29, 1.82) is 0 Å². The summed E-state index contributed by atoms with van der Waals surface area (Å²) in [5.74, 6) is 2.01. The zero-order chi connectivity index (χ0) is 13.4. The van der Waals surface area contributed by atoms with Crippen LogP contribution >= 0.6 is 0 Å². The summed E-state index contributed by atoms with van der Waals surface area (Å²) in [5, 5.41) is 0.308. The second-order valence-electron chi connectivity index (χ2n) is 7.45. The molecule has 1 saturated carbocycles. The third-order valence-corrected chi connectivity index (χ3v) is 9.79. The lowest BCUT2D eigenvalue weighted by atomic mass is 9.93. The molecule has 2 unspecified atom stereocenters. The molecule has 102 valence electrons. The zero-order valence-corrected chi connectivity index (χ0v) is 13.7. The van der Waals surface area contributed by atoms with Crippen molar-refractivity contribution >= 4 is 8.32 Å². The molecule has 2 nitrogen and oxygen atoms in total. The molecule has 0 aromatic heterocycles. The van der Waals surface area contributed by atoms with Gasteiger partial charge >= 0.3 is 0 Å². The van der Waals surface area contributed by atoms with Crippen LogP contribution in [0.3, 0.4) is 0 Å². The molecule has 0 aromatic carbocycles. The molecule has 0 heterocycles. The highest BCUT2D eigenvalue weighted by atomic mass is 28.4. The molecule has 2 N–H and O–H groups in total. The molecule has 0 aromatic rings. The molecule has 0 aliphatic heterocycles. The molecule has 0 spiro atoms. The Labute approximate surface area is 108 Å². The maximum Gasteiger partial charge on any atom is 0.191 e. The van der Waals surface area contributed by atoms with E-state index in [1.165, 1.54) is 0 Å². The van der Waals surface area contributed by atoms with Crippen molar-refractivity contribution in [3.05, 3.63) is 0 Å². The first-order valence-corrected chi connectivity index (χ1v) is 9.86. The highest BCUT2D eigenvalue weighted by Crippen LogP contribution is 2.40. The third-order valence-electron chi connectivity index (χ3n) is 5.29. The van der Waals surface area contributed by atoms with Gasteiger partial charge in [0.2, 0.25) is 0 Å². The van der Waals surface area contributed by atoms with Crippen LogP contribution in [-0.2, 0) is 4.43 Å². The molecule has 17 heavy (non-hydrogen) atoms. The normalized spacial score (nSPS) is 35.3. The Morgan fingerprint density at radius 2 is 1.71 bits per heavy atom. The number of hydrogen-bond donors (Lipinski definition) is 1. The summed E-state index contributed by atoms with van der Waals surface area (Å²) in [6.45, 7) is 17.1. The maximum atomic E-state index is 6.33. The topological polar surface area (TPSA) is 35.2 Å². The fraction of sp³-hybridized carbons (Fsp3) is 1.00. The standard InChI is InChI=1S/C14H31NOSi/c1-10-11(2)13(15)8-12(10)9-16-17(6,7)14(3,4)5/h10-13H,8-9,15H2,1-7H3/t10-,11?,12+,13?/m1/s1. The molecule has 0 radical (unpaired) electrons. The fourth-order valence-electron chi connectivity index (χ4n) is 2.35. The molecular formula is C14H31NOSi. The van der Waals surface area contributed by atoms with Gasteiger partial charge in [-0.3, -0.25) is 0 Å². The van der Waals surface area contributed by atoms with Crippen molar-refractivity contribution < 1.29 is 4.43 Å². The van der Waals surface area contributed by atoms with Gasteiger partial charge in [-0.25, -0.2) is 0 Å². The van der Waals surface area contributed by atoms with Gasteiger partial charge in [-0.1, -0.05) is 34.6 Å². The van der Waals surface area contributed by atoms with E-state index in [-0.39, 0.29) is 0 Å². The van der Waals surface area contributed by atoms with E-state index in [1.54, 1.807) is 0 Å². The van der Waals surface area contributed by atoms with Gasteiger partial charge in [-0.15, -0.1) is 0 Å². The molecule has 1 aliphatic rings. The van der Waals surface area contributed by atoms with Crippen LogP contribution in [0.4, 0.5) is 0 Å². The fourth-order valence-corrected chi connectivity index (χ4v) is 3.41. The first-order valence-electron chi connectivity index (χ1n) is 6.96. The van der Waals surface area contributed by atoms with Crippen molar-refractivity contribution in [2.45, 2.75) is 65.2 Å². The van der Waals surface area contributed by atoms with E-state index in [2.05, 4.69) is 47.7 Å². The Hall–Kier alpha value is 0.137. The summed E-state index contributed by atoms with van der Waals surface area (Å²) in [6, 6.07) is 0.373. The molecule has 0 amide bonds. The lowest BCUT2D eigenvalue weighted by molar-refractivity contribution is 0.194. The second kappa shape index (κ2) is 5.02. The average Bonchev–Trinajstić information content (AvgIpc) is 2.41. The van der Waals surface area contributed by atoms with Crippen LogP contribution in [0.15, 0.2) is 0 Å². The zero-order valence-electron chi connectivity index (χ0n) is 12.7. The third kappa shape index (κ3) is 3.33. The Balaban J connectivity index is 2.53. The molecule has 1 aliphatic carbocycles. The Bertz CT molecular complexity index is 259. The summed E-state index contributed by atoms with van der Waals surface area (Å²) < 4.78 is 6.33.